The van der Waals surface area contributed by atoms with Crippen LogP contribution in [0.2, 0.25) is 0 Å². The second-order valence-corrected chi connectivity index (χ2v) is 2.73. The Morgan fingerprint density at radius 2 is 1.93 bits per heavy atom. The summed E-state index contributed by atoms with van der Waals surface area (Å²) in [6.07, 6.45) is -2.43. The quantitative estimate of drug-likeness (QED) is 0.481. The molecule has 0 atom stereocenters. The highest BCUT2D eigenvalue weighted by Crippen LogP contribution is 2.22. The van der Waals surface area contributed by atoms with Crippen LogP contribution in [0.3, 0.4) is 0 Å². The third-order valence-electron chi connectivity index (χ3n) is 1.44. The van der Waals surface area contributed by atoms with Crippen LogP contribution in [0.15, 0.2) is 0 Å². The molecule has 0 spiro atoms. The molecule has 6 heteroatoms. The van der Waals surface area contributed by atoms with Crippen molar-refractivity contribution in [1.29, 1.82) is 5.26 Å². The fourth-order valence-electron chi connectivity index (χ4n) is 0.679. The van der Waals surface area contributed by atoms with Gasteiger partial charge in [0.2, 0.25) is 0 Å². The van der Waals surface area contributed by atoms with Gasteiger partial charge in [-0.1, -0.05) is 0 Å². The van der Waals surface area contributed by atoms with Crippen LogP contribution < -0.4 is 0 Å². The molecule has 0 aliphatic rings. The molecule has 14 heavy (non-hydrogen) atoms. The molecule has 2 nitrogen and oxygen atoms in total. The van der Waals surface area contributed by atoms with Crippen molar-refractivity contribution in [2.75, 3.05) is 13.2 Å². The minimum atomic E-state index is -4.07. The highest BCUT2D eigenvalue weighted by atomic mass is 19.3. The van der Waals surface area contributed by atoms with Gasteiger partial charge in [-0.05, 0) is 12.8 Å². The Morgan fingerprint density at radius 3 is 2.43 bits per heavy atom. The number of rotatable bonds is 7. The van der Waals surface area contributed by atoms with E-state index in [-0.39, 0.29) is 6.61 Å². The van der Waals surface area contributed by atoms with Crippen LogP contribution in [-0.2, 0) is 4.74 Å². The molecule has 0 N–H and O–H groups in total. The Labute approximate surface area is 79.5 Å². The highest BCUT2D eigenvalue weighted by Gasteiger charge is 2.40. The number of unbranched alkanes of at least 4 members (excludes halogenated alkanes) is 2. The van der Waals surface area contributed by atoms with E-state index in [4.69, 9.17) is 5.26 Å². The van der Waals surface area contributed by atoms with E-state index in [1.807, 2.05) is 6.07 Å². The Morgan fingerprint density at radius 1 is 1.29 bits per heavy atom. The van der Waals surface area contributed by atoms with Crippen molar-refractivity contribution in [3.05, 3.63) is 0 Å². The molecule has 0 bridgehead atoms. The van der Waals surface area contributed by atoms with Crippen LogP contribution in [0, 0.1) is 11.3 Å². The van der Waals surface area contributed by atoms with Gasteiger partial charge in [0, 0.05) is 13.0 Å². The lowest BCUT2D eigenvalue weighted by Crippen LogP contribution is -2.32. The minimum Gasteiger partial charge on any atom is -0.375 e. The van der Waals surface area contributed by atoms with E-state index in [9.17, 15) is 17.6 Å². The molecule has 0 unspecified atom stereocenters. The lowest BCUT2D eigenvalue weighted by atomic mass is 10.2. The summed E-state index contributed by atoms with van der Waals surface area (Å²) in [5.41, 5.74) is 0. The maximum absolute atomic E-state index is 12.2. The van der Waals surface area contributed by atoms with E-state index in [0.717, 1.165) is 0 Å². The van der Waals surface area contributed by atoms with Crippen LogP contribution in [0.4, 0.5) is 17.6 Å². The van der Waals surface area contributed by atoms with E-state index in [1.165, 1.54) is 0 Å². The molecule has 0 aliphatic carbocycles. The van der Waals surface area contributed by atoms with Crippen molar-refractivity contribution >= 4 is 0 Å². The molecule has 0 heterocycles. The van der Waals surface area contributed by atoms with Gasteiger partial charge in [-0.2, -0.15) is 14.0 Å². The van der Waals surface area contributed by atoms with Crippen molar-refractivity contribution in [1.82, 2.24) is 0 Å². The standard InChI is InChI=1S/C8H11F4NO/c9-7(10)8(11,12)6-14-5-3-1-2-4-13/h7H,1-3,5-6H2. The summed E-state index contributed by atoms with van der Waals surface area (Å²) in [4.78, 5) is 0. The van der Waals surface area contributed by atoms with Crippen LogP contribution >= 0.6 is 0 Å². The van der Waals surface area contributed by atoms with Crippen LogP contribution in [0.25, 0.3) is 0 Å². The number of hydrogen-bond donors (Lipinski definition) is 0. The molecule has 0 aromatic heterocycles. The topological polar surface area (TPSA) is 33.0 Å². The lowest BCUT2D eigenvalue weighted by molar-refractivity contribution is -0.165. The molecule has 0 saturated heterocycles. The summed E-state index contributed by atoms with van der Waals surface area (Å²) in [7, 11) is 0. The molecule has 0 amide bonds. The number of halogens is 4. The van der Waals surface area contributed by atoms with Crippen LogP contribution in [0.1, 0.15) is 19.3 Å². The van der Waals surface area contributed by atoms with Gasteiger partial charge in [-0.25, -0.2) is 8.78 Å². The first-order valence-corrected chi connectivity index (χ1v) is 4.11. The maximum Gasteiger partial charge on any atom is 0.330 e. The van der Waals surface area contributed by atoms with Crippen LogP contribution in [0.5, 0.6) is 0 Å². The van der Waals surface area contributed by atoms with E-state index >= 15 is 0 Å². The van der Waals surface area contributed by atoms with Crippen molar-refractivity contribution in [2.45, 2.75) is 31.6 Å². The number of hydrogen-bond acceptors (Lipinski definition) is 2. The van der Waals surface area contributed by atoms with Crippen molar-refractivity contribution < 1.29 is 22.3 Å². The highest BCUT2D eigenvalue weighted by molar-refractivity contribution is 4.69. The van der Waals surface area contributed by atoms with Crippen molar-refractivity contribution in [2.24, 2.45) is 0 Å². The van der Waals surface area contributed by atoms with Gasteiger partial charge in [0.15, 0.2) is 0 Å². The van der Waals surface area contributed by atoms with E-state index < -0.39 is 19.0 Å². The van der Waals surface area contributed by atoms with E-state index in [2.05, 4.69) is 4.74 Å². The molecule has 0 aromatic carbocycles. The smallest absolute Gasteiger partial charge is 0.330 e. The fourth-order valence-corrected chi connectivity index (χ4v) is 0.679. The second kappa shape index (κ2) is 6.60. The van der Waals surface area contributed by atoms with Gasteiger partial charge in [0.05, 0.1) is 6.07 Å². The van der Waals surface area contributed by atoms with Gasteiger partial charge in [-0.3, -0.25) is 0 Å². The number of ether oxygens (including phenoxy) is 1. The average molecular weight is 213 g/mol. The van der Waals surface area contributed by atoms with Crippen LogP contribution in [-0.4, -0.2) is 25.6 Å². The van der Waals surface area contributed by atoms with Crippen molar-refractivity contribution in [3.8, 4) is 6.07 Å². The molecule has 0 aromatic rings. The first kappa shape index (κ1) is 13.2. The molecule has 82 valence electrons. The summed E-state index contributed by atoms with van der Waals surface area (Å²) in [6, 6.07) is 1.87. The number of nitrogens with zero attached hydrogens (tertiary/aromatic N) is 1. The monoisotopic (exact) mass is 213 g/mol. The first-order chi connectivity index (χ1) is 6.50. The normalized spacial score (nSPS) is 11.7. The molecule has 0 fully saturated rings. The molecule has 0 saturated carbocycles. The summed E-state index contributed by atoms with van der Waals surface area (Å²) >= 11 is 0. The van der Waals surface area contributed by atoms with Gasteiger partial charge >= 0.3 is 12.3 Å². The molecular weight excluding hydrogens is 202 g/mol. The lowest BCUT2D eigenvalue weighted by Gasteiger charge is -2.14. The SMILES string of the molecule is N#CCCCCOCC(F)(F)C(F)F. The van der Waals surface area contributed by atoms with Gasteiger partial charge in [0.1, 0.15) is 6.61 Å². The Hall–Kier alpha value is -0.830. The van der Waals surface area contributed by atoms with Crippen molar-refractivity contribution in [3.63, 3.8) is 0 Å². The maximum atomic E-state index is 12.2. The predicted octanol–water partition coefficient (Wildman–Crippen LogP) is 2.60. The molecule has 0 rings (SSSR count). The second-order valence-electron chi connectivity index (χ2n) is 2.73. The molecule has 0 radical (unpaired) electrons. The first-order valence-electron chi connectivity index (χ1n) is 4.11. The summed E-state index contributed by atoms with van der Waals surface area (Å²) in [5.74, 6) is -4.07. The van der Waals surface area contributed by atoms with E-state index in [0.29, 0.717) is 19.3 Å². The average Bonchev–Trinajstić information content (AvgIpc) is 2.10. The zero-order valence-corrected chi connectivity index (χ0v) is 7.48. The number of alkyl halides is 4. The number of nitriles is 1. The van der Waals surface area contributed by atoms with E-state index in [1.54, 1.807) is 0 Å². The third kappa shape index (κ3) is 5.75. The molecular formula is C8H11F4NO. The summed E-state index contributed by atoms with van der Waals surface area (Å²) < 4.78 is 51.9. The Bertz CT molecular complexity index is 190. The van der Waals surface area contributed by atoms with Gasteiger partial charge in [0.25, 0.3) is 0 Å². The fraction of sp³-hybridized carbons (Fsp3) is 0.875. The summed E-state index contributed by atoms with van der Waals surface area (Å²) in [6.45, 7) is -1.29. The Kier molecular flexibility index (Phi) is 6.21. The largest absolute Gasteiger partial charge is 0.375 e. The van der Waals surface area contributed by atoms with Gasteiger partial charge < -0.3 is 4.74 Å². The Balaban J connectivity index is 3.41. The van der Waals surface area contributed by atoms with Gasteiger partial charge in [-0.15, -0.1) is 0 Å². The minimum absolute atomic E-state index is 0.0238. The zero-order valence-electron chi connectivity index (χ0n) is 7.48. The summed E-state index contributed by atoms with van der Waals surface area (Å²) in [5, 5.41) is 8.11. The molecule has 0 aliphatic heterocycles. The third-order valence-corrected chi connectivity index (χ3v) is 1.44. The predicted molar refractivity (Wildman–Crippen MR) is 41.2 cm³/mol. The zero-order chi connectivity index (χ0) is 11.0.